The molecule has 0 atom stereocenters. The van der Waals surface area contributed by atoms with Crippen LogP contribution in [0.1, 0.15) is 21.5 Å². The number of hydrazine groups is 1. The Morgan fingerprint density at radius 3 is 2.07 bits per heavy atom. The quantitative estimate of drug-likeness (QED) is 0.706. The monoisotopic (exact) mass is 388 g/mol. The SMILES string of the molecule is COc1cc(C(=O)NNC(=O)COc2cc(C)ccc2C)cc(OC)c1OC. The predicted octanol–water partition coefficient (Wildman–Crippen LogP) is 2.17. The van der Waals surface area contributed by atoms with Crippen LogP contribution in [-0.4, -0.2) is 39.8 Å². The Balaban J connectivity index is 1.97. The lowest BCUT2D eigenvalue weighted by Gasteiger charge is -2.14. The van der Waals surface area contributed by atoms with E-state index in [-0.39, 0.29) is 12.2 Å². The van der Waals surface area contributed by atoms with Crippen molar-refractivity contribution in [2.75, 3.05) is 27.9 Å². The summed E-state index contributed by atoms with van der Waals surface area (Å²) < 4.78 is 21.1. The number of ether oxygens (including phenoxy) is 4. The maximum atomic E-state index is 12.3. The first-order chi connectivity index (χ1) is 13.4. The average Bonchev–Trinajstić information content (AvgIpc) is 2.71. The molecule has 0 saturated carbocycles. The van der Waals surface area contributed by atoms with E-state index in [0.717, 1.165) is 11.1 Å². The van der Waals surface area contributed by atoms with Crippen LogP contribution >= 0.6 is 0 Å². The maximum absolute atomic E-state index is 12.3. The summed E-state index contributed by atoms with van der Waals surface area (Å²) in [4.78, 5) is 24.3. The molecule has 2 amide bonds. The fourth-order valence-electron chi connectivity index (χ4n) is 2.45. The number of rotatable bonds is 7. The number of hydrogen-bond acceptors (Lipinski definition) is 6. The van der Waals surface area contributed by atoms with E-state index in [1.54, 1.807) is 0 Å². The van der Waals surface area contributed by atoms with Crippen molar-refractivity contribution in [1.29, 1.82) is 0 Å². The minimum atomic E-state index is -0.542. The number of hydrogen-bond donors (Lipinski definition) is 2. The Hall–Kier alpha value is -3.42. The van der Waals surface area contributed by atoms with E-state index in [2.05, 4.69) is 10.9 Å². The van der Waals surface area contributed by atoms with Crippen molar-refractivity contribution in [3.8, 4) is 23.0 Å². The Morgan fingerprint density at radius 1 is 0.857 bits per heavy atom. The van der Waals surface area contributed by atoms with Gasteiger partial charge in [-0.15, -0.1) is 0 Å². The van der Waals surface area contributed by atoms with E-state index in [1.165, 1.54) is 33.5 Å². The summed E-state index contributed by atoms with van der Waals surface area (Å²) in [5.41, 5.74) is 6.81. The van der Waals surface area contributed by atoms with Gasteiger partial charge in [-0.1, -0.05) is 12.1 Å². The molecule has 2 aromatic carbocycles. The van der Waals surface area contributed by atoms with Gasteiger partial charge in [0.05, 0.1) is 21.3 Å². The first kappa shape index (κ1) is 20.9. The third kappa shape index (κ3) is 5.06. The van der Waals surface area contributed by atoms with Gasteiger partial charge in [0.1, 0.15) is 5.75 Å². The van der Waals surface area contributed by atoms with E-state index in [4.69, 9.17) is 18.9 Å². The normalized spacial score (nSPS) is 10.0. The second kappa shape index (κ2) is 9.50. The van der Waals surface area contributed by atoms with Crippen LogP contribution in [0.15, 0.2) is 30.3 Å². The Morgan fingerprint density at radius 2 is 1.50 bits per heavy atom. The number of amides is 2. The molecule has 8 nitrogen and oxygen atoms in total. The van der Waals surface area contributed by atoms with Crippen LogP contribution in [0.5, 0.6) is 23.0 Å². The molecule has 0 aromatic heterocycles. The number of benzene rings is 2. The van der Waals surface area contributed by atoms with Gasteiger partial charge in [-0.05, 0) is 43.2 Å². The van der Waals surface area contributed by atoms with E-state index >= 15 is 0 Å². The molecule has 0 spiro atoms. The molecule has 0 aliphatic rings. The van der Waals surface area contributed by atoms with Crippen molar-refractivity contribution in [3.05, 3.63) is 47.0 Å². The highest BCUT2D eigenvalue weighted by Gasteiger charge is 2.17. The summed E-state index contributed by atoms with van der Waals surface area (Å²) >= 11 is 0. The van der Waals surface area contributed by atoms with Crippen LogP contribution < -0.4 is 29.8 Å². The number of carbonyl (C=O) groups excluding carboxylic acids is 2. The molecular formula is C20H24N2O6. The van der Waals surface area contributed by atoms with E-state index in [1.807, 2.05) is 32.0 Å². The molecule has 28 heavy (non-hydrogen) atoms. The smallest absolute Gasteiger partial charge is 0.276 e. The van der Waals surface area contributed by atoms with Crippen LogP contribution in [-0.2, 0) is 4.79 Å². The van der Waals surface area contributed by atoms with E-state index < -0.39 is 11.8 Å². The van der Waals surface area contributed by atoms with Crippen LogP contribution in [0.25, 0.3) is 0 Å². The molecule has 0 bridgehead atoms. The standard InChI is InChI=1S/C20H24N2O6/c1-12-6-7-13(2)15(8-12)28-11-18(23)21-22-20(24)14-9-16(25-3)19(27-5)17(10-14)26-4/h6-10H,11H2,1-5H3,(H,21,23)(H,22,24). The van der Waals surface area contributed by atoms with Crippen molar-refractivity contribution in [2.45, 2.75) is 13.8 Å². The van der Waals surface area contributed by atoms with E-state index in [9.17, 15) is 9.59 Å². The second-order valence-electron chi connectivity index (χ2n) is 5.97. The second-order valence-corrected chi connectivity index (χ2v) is 5.97. The topological polar surface area (TPSA) is 95.1 Å². The third-order valence-corrected chi connectivity index (χ3v) is 3.94. The molecule has 0 fully saturated rings. The summed E-state index contributed by atoms with van der Waals surface area (Å²) in [5, 5.41) is 0. The molecule has 0 heterocycles. The zero-order valence-electron chi connectivity index (χ0n) is 16.5. The van der Waals surface area contributed by atoms with Crippen LogP contribution in [0.3, 0.4) is 0 Å². The summed E-state index contributed by atoms with van der Waals surface area (Å²) in [5.74, 6) is 0.604. The average molecular weight is 388 g/mol. The highest BCUT2D eigenvalue weighted by atomic mass is 16.5. The summed E-state index contributed by atoms with van der Waals surface area (Å²) in [6.45, 7) is 3.59. The number of aryl methyl sites for hydroxylation is 2. The molecule has 2 N–H and O–H groups in total. The third-order valence-electron chi connectivity index (χ3n) is 3.94. The van der Waals surface area contributed by atoms with Crippen molar-refractivity contribution < 1.29 is 28.5 Å². The largest absolute Gasteiger partial charge is 0.493 e. The van der Waals surface area contributed by atoms with Crippen LogP contribution in [0, 0.1) is 13.8 Å². The fraction of sp³-hybridized carbons (Fsp3) is 0.300. The fourth-order valence-corrected chi connectivity index (χ4v) is 2.45. The van der Waals surface area contributed by atoms with Gasteiger partial charge in [-0.25, -0.2) is 0 Å². The highest BCUT2D eigenvalue weighted by molar-refractivity contribution is 5.96. The van der Waals surface area contributed by atoms with Gasteiger partial charge in [0, 0.05) is 5.56 Å². The Kier molecular flexibility index (Phi) is 7.08. The molecule has 0 unspecified atom stereocenters. The molecule has 2 aromatic rings. The van der Waals surface area contributed by atoms with E-state index in [0.29, 0.717) is 23.0 Å². The van der Waals surface area contributed by atoms with Gasteiger partial charge in [-0.3, -0.25) is 20.4 Å². The van der Waals surface area contributed by atoms with Crippen molar-refractivity contribution >= 4 is 11.8 Å². The first-order valence-electron chi connectivity index (χ1n) is 8.48. The summed E-state index contributed by atoms with van der Waals surface area (Å²) in [6, 6.07) is 8.68. The predicted molar refractivity (Wildman–Crippen MR) is 103 cm³/mol. The van der Waals surface area contributed by atoms with Crippen LogP contribution in [0.4, 0.5) is 0 Å². The zero-order valence-corrected chi connectivity index (χ0v) is 16.5. The Bertz CT molecular complexity index is 841. The number of nitrogens with one attached hydrogen (secondary N) is 2. The van der Waals surface area contributed by atoms with Crippen LogP contribution in [0.2, 0.25) is 0 Å². The van der Waals surface area contributed by atoms with Crippen molar-refractivity contribution in [1.82, 2.24) is 10.9 Å². The lowest BCUT2D eigenvalue weighted by molar-refractivity contribution is -0.123. The van der Waals surface area contributed by atoms with Gasteiger partial charge >= 0.3 is 0 Å². The lowest BCUT2D eigenvalue weighted by atomic mass is 10.1. The molecule has 150 valence electrons. The van der Waals surface area contributed by atoms with Gasteiger partial charge < -0.3 is 18.9 Å². The van der Waals surface area contributed by atoms with Crippen molar-refractivity contribution in [2.24, 2.45) is 0 Å². The first-order valence-corrected chi connectivity index (χ1v) is 8.48. The molecule has 0 radical (unpaired) electrons. The molecular weight excluding hydrogens is 364 g/mol. The molecule has 8 heteroatoms. The highest BCUT2D eigenvalue weighted by Crippen LogP contribution is 2.38. The van der Waals surface area contributed by atoms with Gasteiger partial charge in [-0.2, -0.15) is 0 Å². The van der Waals surface area contributed by atoms with Gasteiger partial charge in [0.15, 0.2) is 18.1 Å². The van der Waals surface area contributed by atoms with Crippen molar-refractivity contribution in [3.63, 3.8) is 0 Å². The number of carbonyl (C=O) groups is 2. The van der Waals surface area contributed by atoms with Gasteiger partial charge in [0.2, 0.25) is 5.75 Å². The molecule has 0 saturated heterocycles. The summed E-state index contributed by atoms with van der Waals surface area (Å²) in [6.07, 6.45) is 0. The zero-order chi connectivity index (χ0) is 20.7. The summed E-state index contributed by atoms with van der Waals surface area (Å²) in [7, 11) is 4.37. The lowest BCUT2D eigenvalue weighted by Crippen LogP contribution is -2.43. The molecule has 2 rings (SSSR count). The number of methoxy groups -OCH3 is 3. The molecule has 0 aliphatic carbocycles. The van der Waals surface area contributed by atoms with Gasteiger partial charge in [0.25, 0.3) is 11.8 Å². The molecule has 0 aliphatic heterocycles. The minimum Gasteiger partial charge on any atom is -0.493 e. The minimum absolute atomic E-state index is 0.227. The Labute approximate surface area is 163 Å². The maximum Gasteiger partial charge on any atom is 0.276 e.